The van der Waals surface area contributed by atoms with Crippen LogP contribution in [0.25, 0.3) is 0 Å². The standard InChI is InChI=1S/C15H28N6O/c1-7-19(6)15(22)21(10-4)12-11-17-14(18-13(12)16-5)20(8-2)9-3/h11H,7-10H2,1-6H3,(H,16,17,18). The molecule has 0 aliphatic heterocycles. The van der Waals surface area contributed by atoms with Gasteiger partial charge in [0.15, 0.2) is 5.82 Å². The predicted molar refractivity (Wildman–Crippen MR) is 91.9 cm³/mol. The maximum atomic E-state index is 12.5. The number of nitrogens with one attached hydrogen (secondary N) is 1. The molecule has 0 fully saturated rings. The van der Waals surface area contributed by atoms with Gasteiger partial charge in [-0.15, -0.1) is 0 Å². The Morgan fingerprint density at radius 3 is 2.23 bits per heavy atom. The minimum absolute atomic E-state index is 0.0549. The van der Waals surface area contributed by atoms with Gasteiger partial charge >= 0.3 is 6.03 Å². The lowest BCUT2D eigenvalue weighted by molar-refractivity contribution is 0.218. The fourth-order valence-electron chi connectivity index (χ4n) is 2.16. The van der Waals surface area contributed by atoms with Crippen molar-refractivity contribution in [3.05, 3.63) is 6.20 Å². The van der Waals surface area contributed by atoms with E-state index in [0.29, 0.717) is 30.5 Å². The molecule has 0 saturated carbocycles. The van der Waals surface area contributed by atoms with Crippen LogP contribution in [0.3, 0.4) is 0 Å². The van der Waals surface area contributed by atoms with Crippen LogP contribution in [0.4, 0.5) is 22.2 Å². The predicted octanol–water partition coefficient (Wildman–Crippen LogP) is 2.26. The van der Waals surface area contributed by atoms with Gasteiger partial charge in [0.1, 0.15) is 5.69 Å². The molecule has 0 radical (unpaired) electrons. The second-order valence-corrected chi connectivity index (χ2v) is 4.87. The molecule has 7 heteroatoms. The number of aromatic nitrogens is 2. The SMILES string of the molecule is CCN(C)C(=O)N(CC)c1cnc(N(CC)CC)nc1NC. The third kappa shape index (κ3) is 3.78. The molecule has 0 aliphatic carbocycles. The van der Waals surface area contributed by atoms with Crippen LogP contribution in [-0.2, 0) is 0 Å². The Bertz CT molecular complexity index is 489. The molecule has 0 saturated heterocycles. The number of urea groups is 1. The molecule has 1 heterocycles. The smallest absolute Gasteiger partial charge is 0.324 e. The Hall–Kier alpha value is -2.05. The zero-order chi connectivity index (χ0) is 16.7. The molecule has 1 aromatic heterocycles. The summed E-state index contributed by atoms with van der Waals surface area (Å²) in [6, 6.07) is -0.0549. The van der Waals surface area contributed by atoms with Gasteiger partial charge < -0.3 is 15.1 Å². The quantitative estimate of drug-likeness (QED) is 0.837. The Morgan fingerprint density at radius 1 is 1.14 bits per heavy atom. The minimum atomic E-state index is -0.0549. The monoisotopic (exact) mass is 308 g/mol. The molecule has 1 N–H and O–H groups in total. The van der Waals surface area contributed by atoms with Crippen LogP contribution in [0.15, 0.2) is 6.20 Å². The van der Waals surface area contributed by atoms with E-state index in [1.165, 1.54) is 0 Å². The van der Waals surface area contributed by atoms with Crippen molar-refractivity contribution in [2.24, 2.45) is 0 Å². The molecule has 7 nitrogen and oxygen atoms in total. The molecular weight excluding hydrogens is 280 g/mol. The Morgan fingerprint density at radius 2 is 1.77 bits per heavy atom. The lowest BCUT2D eigenvalue weighted by atomic mass is 10.4. The summed E-state index contributed by atoms with van der Waals surface area (Å²) in [5.74, 6) is 1.34. The molecule has 1 rings (SSSR count). The highest BCUT2D eigenvalue weighted by Gasteiger charge is 2.22. The van der Waals surface area contributed by atoms with Gasteiger partial charge in [0.2, 0.25) is 5.95 Å². The number of amides is 2. The highest BCUT2D eigenvalue weighted by Crippen LogP contribution is 2.25. The van der Waals surface area contributed by atoms with Crippen molar-refractivity contribution in [3.63, 3.8) is 0 Å². The van der Waals surface area contributed by atoms with Crippen LogP contribution in [0.2, 0.25) is 0 Å². The summed E-state index contributed by atoms with van der Waals surface area (Å²) < 4.78 is 0. The van der Waals surface area contributed by atoms with Crippen molar-refractivity contribution in [2.45, 2.75) is 27.7 Å². The summed E-state index contributed by atoms with van der Waals surface area (Å²) >= 11 is 0. The lowest BCUT2D eigenvalue weighted by Gasteiger charge is -2.28. The molecular formula is C15H28N6O. The first kappa shape index (κ1) is 18.0. The van der Waals surface area contributed by atoms with Crippen molar-refractivity contribution >= 4 is 23.5 Å². The summed E-state index contributed by atoms with van der Waals surface area (Å²) in [6.45, 7) is 10.9. The molecule has 124 valence electrons. The zero-order valence-electron chi connectivity index (χ0n) is 14.6. The molecule has 0 aliphatic rings. The minimum Gasteiger partial charge on any atom is -0.371 e. The van der Waals surface area contributed by atoms with Crippen LogP contribution < -0.4 is 15.1 Å². The maximum absolute atomic E-state index is 12.5. The fourth-order valence-corrected chi connectivity index (χ4v) is 2.16. The number of nitrogens with zero attached hydrogens (tertiary/aromatic N) is 5. The molecule has 0 bridgehead atoms. The highest BCUT2D eigenvalue weighted by atomic mass is 16.2. The fraction of sp³-hybridized carbons (Fsp3) is 0.667. The summed E-state index contributed by atoms with van der Waals surface area (Å²) in [5, 5.41) is 3.08. The van der Waals surface area contributed by atoms with E-state index in [-0.39, 0.29) is 6.03 Å². The summed E-state index contributed by atoms with van der Waals surface area (Å²) in [5.41, 5.74) is 0.700. The van der Waals surface area contributed by atoms with Crippen molar-refractivity contribution in [3.8, 4) is 0 Å². The number of carbonyl (C=O) groups excluding carboxylic acids is 1. The Balaban J connectivity index is 3.20. The van der Waals surface area contributed by atoms with Gasteiger partial charge in [-0.3, -0.25) is 4.90 Å². The van der Waals surface area contributed by atoms with E-state index in [2.05, 4.69) is 34.0 Å². The molecule has 1 aromatic rings. The third-order valence-electron chi connectivity index (χ3n) is 3.68. The van der Waals surface area contributed by atoms with Gasteiger partial charge in [0.25, 0.3) is 0 Å². The topological polar surface area (TPSA) is 64.6 Å². The molecule has 0 spiro atoms. The Labute approximate surface area is 133 Å². The first-order valence-electron chi connectivity index (χ1n) is 7.86. The van der Waals surface area contributed by atoms with E-state index in [9.17, 15) is 4.79 Å². The second-order valence-electron chi connectivity index (χ2n) is 4.87. The molecule has 0 aromatic carbocycles. The van der Waals surface area contributed by atoms with Crippen LogP contribution in [0.1, 0.15) is 27.7 Å². The summed E-state index contributed by atoms with van der Waals surface area (Å²) in [7, 11) is 3.59. The first-order valence-corrected chi connectivity index (χ1v) is 7.86. The number of rotatable bonds is 7. The first-order chi connectivity index (χ1) is 10.5. The van der Waals surface area contributed by atoms with E-state index < -0.39 is 0 Å². The summed E-state index contributed by atoms with van der Waals surface area (Å²) in [4.78, 5) is 26.9. The average Bonchev–Trinajstić information content (AvgIpc) is 2.56. The normalized spacial score (nSPS) is 10.3. The van der Waals surface area contributed by atoms with Gasteiger partial charge in [0.05, 0.1) is 6.20 Å². The van der Waals surface area contributed by atoms with Gasteiger partial charge in [-0.2, -0.15) is 4.98 Å². The van der Waals surface area contributed by atoms with Crippen LogP contribution >= 0.6 is 0 Å². The lowest BCUT2D eigenvalue weighted by Crippen LogP contribution is -2.41. The van der Waals surface area contributed by atoms with Crippen molar-refractivity contribution in [1.29, 1.82) is 0 Å². The Kier molecular flexibility index (Phi) is 6.88. The molecule has 22 heavy (non-hydrogen) atoms. The number of anilines is 3. The van der Waals surface area contributed by atoms with Crippen LogP contribution in [0.5, 0.6) is 0 Å². The van der Waals surface area contributed by atoms with Gasteiger partial charge in [-0.25, -0.2) is 9.78 Å². The van der Waals surface area contributed by atoms with Crippen molar-refractivity contribution in [2.75, 3.05) is 55.4 Å². The number of carbonyl (C=O) groups is 1. The van der Waals surface area contributed by atoms with Gasteiger partial charge in [0, 0.05) is 40.3 Å². The van der Waals surface area contributed by atoms with E-state index in [4.69, 9.17) is 0 Å². The molecule has 2 amide bonds. The maximum Gasteiger partial charge on any atom is 0.324 e. The van der Waals surface area contributed by atoms with Gasteiger partial charge in [-0.05, 0) is 27.7 Å². The molecule has 0 atom stereocenters. The largest absolute Gasteiger partial charge is 0.371 e. The average molecular weight is 308 g/mol. The van der Waals surface area contributed by atoms with Crippen molar-refractivity contribution in [1.82, 2.24) is 14.9 Å². The third-order valence-corrected chi connectivity index (χ3v) is 3.68. The summed E-state index contributed by atoms with van der Waals surface area (Å²) in [6.07, 6.45) is 1.72. The zero-order valence-corrected chi connectivity index (χ0v) is 14.6. The highest BCUT2D eigenvalue weighted by molar-refractivity contribution is 5.94. The van der Waals surface area contributed by atoms with Crippen LogP contribution in [0, 0.1) is 0 Å². The number of hydrogen-bond acceptors (Lipinski definition) is 5. The molecule has 0 unspecified atom stereocenters. The van der Waals surface area contributed by atoms with E-state index in [1.807, 2.05) is 13.8 Å². The van der Waals surface area contributed by atoms with Crippen LogP contribution in [-0.4, -0.2) is 61.2 Å². The van der Waals surface area contributed by atoms with Crippen molar-refractivity contribution < 1.29 is 4.79 Å². The van der Waals surface area contributed by atoms with E-state index in [0.717, 1.165) is 13.1 Å². The van der Waals surface area contributed by atoms with E-state index in [1.54, 1.807) is 30.1 Å². The van der Waals surface area contributed by atoms with Gasteiger partial charge in [-0.1, -0.05) is 0 Å². The number of hydrogen-bond donors (Lipinski definition) is 1. The second kappa shape index (κ2) is 8.41. The van der Waals surface area contributed by atoms with E-state index >= 15 is 0 Å².